The Morgan fingerprint density at radius 2 is 2.03 bits per heavy atom. The summed E-state index contributed by atoms with van der Waals surface area (Å²) in [5, 5.41) is 12.3. The van der Waals surface area contributed by atoms with Crippen LogP contribution in [0.25, 0.3) is 0 Å². The van der Waals surface area contributed by atoms with Gasteiger partial charge in [0.1, 0.15) is 18.0 Å². The van der Waals surface area contributed by atoms with Crippen LogP contribution in [0.5, 0.6) is 0 Å². The van der Waals surface area contributed by atoms with E-state index in [2.05, 4.69) is 31.1 Å². The number of anilines is 2. The normalized spacial score (nSPS) is 22.2. The van der Waals surface area contributed by atoms with Gasteiger partial charge in [0.25, 0.3) is 0 Å². The van der Waals surface area contributed by atoms with Gasteiger partial charge in [0.05, 0.1) is 35.8 Å². The molecule has 212 valence electrons. The number of alkyl halides is 1. The summed E-state index contributed by atoms with van der Waals surface area (Å²) in [4.78, 5) is 44.9. The summed E-state index contributed by atoms with van der Waals surface area (Å²) in [6.45, 7) is 3.60. The number of hydrogen-bond donors (Lipinski definition) is 4. The van der Waals surface area contributed by atoms with Crippen molar-refractivity contribution in [3.63, 3.8) is 0 Å². The molecule has 5 N–H and O–H groups in total. The molecule has 4 unspecified atom stereocenters. The predicted molar refractivity (Wildman–Crippen MR) is 140 cm³/mol. The van der Waals surface area contributed by atoms with Gasteiger partial charge in [0.15, 0.2) is 5.82 Å². The van der Waals surface area contributed by atoms with Crippen molar-refractivity contribution >= 4 is 23.2 Å². The van der Waals surface area contributed by atoms with E-state index < -0.39 is 36.0 Å². The van der Waals surface area contributed by atoms with Crippen molar-refractivity contribution in [3.05, 3.63) is 23.1 Å². The Bertz CT molecular complexity index is 960. The Balaban J connectivity index is 1.67. The van der Waals surface area contributed by atoms with Crippen molar-refractivity contribution in [2.24, 2.45) is 22.9 Å². The first kappa shape index (κ1) is 29.6. The van der Waals surface area contributed by atoms with Crippen LogP contribution < -0.4 is 26.6 Å². The first-order valence-corrected chi connectivity index (χ1v) is 13.0. The Morgan fingerprint density at radius 1 is 1.32 bits per heavy atom. The van der Waals surface area contributed by atoms with Gasteiger partial charge in [-0.15, -0.1) is 4.91 Å². The number of pyridine rings is 1. The van der Waals surface area contributed by atoms with Gasteiger partial charge in [-0.3, -0.25) is 19.9 Å². The maximum atomic E-state index is 15.0. The molecule has 2 aliphatic heterocycles. The summed E-state index contributed by atoms with van der Waals surface area (Å²) in [5.41, 5.74) is 6.40. The van der Waals surface area contributed by atoms with E-state index in [9.17, 15) is 18.9 Å². The number of aromatic nitrogens is 1. The van der Waals surface area contributed by atoms with Gasteiger partial charge in [0.2, 0.25) is 11.8 Å². The maximum absolute atomic E-state index is 15.0. The molecule has 2 aliphatic rings. The van der Waals surface area contributed by atoms with E-state index in [1.807, 2.05) is 14.1 Å². The monoisotopic (exact) mass is 539 g/mol. The molecule has 0 aliphatic carbocycles. The molecule has 0 saturated carbocycles. The fourth-order valence-electron chi connectivity index (χ4n) is 4.97. The molecule has 3 rings (SSSR count). The van der Waals surface area contributed by atoms with Crippen LogP contribution in [-0.4, -0.2) is 98.5 Å². The van der Waals surface area contributed by atoms with Crippen molar-refractivity contribution in [1.29, 1.82) is 0 Å². The van der Waals surface area contributed by atoms with Gasteiger partial charge in [-0.1, -0.05) is 0 Å². The topological polar surface area (TPSA) is 148 Å². The molecule has 14 heteroatoms. The number of nitrogens with zero attached hydrogens (tertiary/aromatic N) is 5. The highest BCUT2D eigenvalue weighted by atomic mass is 19.1. The summed E-state index contributed by atoms with van der Waals surface area (Å²) >= 11 is 0. The highest BCUT2D eigenvalue weighted by Gasteiger charge is 2.40. The van der Waals surface area contributed by atoms with Crippen LogP contribution in [0.2, 0.25) is 0 Å². The minimum atomic E-state index is -1.32. The number of nitrogens with one attached hydrogen (secondary N) is 3. The van der Waals surface area contributed by atoms with E-state index in [1.54, 1.807) is 11.8 Å². The summed E-state index contributed by atoms with van der Waals surface area (Å²) in [6.07, 6.45) is 2.11. The van der Waals surface area contributed by atoms with Crippen LogP contribution in [0.3, 0.4) is 0 Å². The van der Waals surface area contributed by atoms with Crippen molar-refractivity contribution in [1.82, 2.24) is 25.5 Å². The SMILES string of the molecule is CC(N)C(C(=O)Nc1cncc(F)c1N1CCC(C(=O)NCCCN(C)C)CC1)C1NCC(F)CN1N=O. The number of rotatable bonds is 11. The van der Waals surface area contributed by atoms with Gasteiger partial charge in [-0.25, -0.2) is 13.8 Å². The van der Waals surface area contributed by atoms with Crippen LogP contribution in [0.15, 0.2) is 17.7 Å². The van der Waals surface area contributed by atoms with Crippen molar-refractivity contribution in [2.75, 3.05) is 63.6 Å². The smallest absolute Gasteiger partial charge is 0.232 e. The van der Waals surface area contributed by atoms with E-state index in [1.165, 1.54) is 6.20 Å². The Kier molecular flexibility index (Phi) is 10.7. The quantitative estimate of drug-likeness (QED) is 0.235. The van der Waals surface area contributed by atoms with Crippen molar-refractivity contribution in [3.8, 4) is 0 Å². The minimum Gasteiger partial charge on any atom is -0.367 e. The molecular formula is C24H39F2N9O3. The Morgan fingerprint density at radius 3 is 2.66 bits per heavy atom. The van der Waals surface area contributed by atoms with Crippen molar-refractivity contribution < 1.29 is 18.4 Å². The molecule has 0 aromatic carbocycles. The lowest BCUT2D eigenvalue weighted by Gasteiger charge is -2.39. The molecule has 3 heterocycles. The Hall–Kier alpha value is -2.97. The fourth-order valence-corrected chi connectivity index (χ4v) is 4.97. The number of carbonyl (C=O) groups is 2. The van der Waals surface area contributed by atoms with E-state index in [-0.39, 0.29) is 36.3 Å². The fraction of sp³-hybridized carbons (Fsp3) is 0.708. The second-order valence-electron chi connectivity index (χ2n) is 10.3. The average molecular weight is 540 g/mol. The van der Waals surface area contributed by atoms with Gasteiger partial charge in [0, 0.05) is 38.1 Å². The zero-order chi connectivity index (χ0) is 27.8. The van der Waals surface area contributed by atoms with Gasteiger partial charge in [-0.2, -0.15) is 0 Å². The summed E-state index contributed by atoms with van der Waals surface area (Å²) in [7, 11) is 3.96. The largest absolute Gasteiger partial charge is 0.367 e. The number of halogens is 2. The molecular weight excluding hydrogens is 500 g/mol. The third-order valence-corrected chi connectivity index (χ3v) is 6.96. The van der Waals surface area contributed by atoms with Crippen LogP contribution >= 0.6 is 0 Å². The summed E-state index contributed by atoms with van der Waals surface area (Å²) in [6, 6.07) is -0.732. The minimum absolute atomic E-state index is 0.00394. The second-order valence-corrected chi connectivity index (χ2v) is 10.3. The Labute approximate surface area is 221 Å². The van der Waals surface area contributed by atoms with Gasteiger partial charge < -0.3 is 26.2 Å². The van der Waals surface area contributed by atoms with E-state index in [0.29, 0.717) is 32.5 Å². The lowest BCUT2D eigenvalue weighted by molar-refractivity contribution is -0.125. The zero-order valence-electron chi connectivity index (χ0n) is 22.2. The number of nitrogens with two attached hydrogens (primary N) is 1. The standard InChI is InChI=1S/C24H39F2N9O3/c1-15(27)20(22-30-11-17(25)14-35(22)32-38)24(37)31-19-13-28-12-18(26)21(19)34-9-5-16(6-10-34)23(36)29-7-4-8-33(2)3/h12-13,15-17,20,22,30H,4-11,14,27H2,1-3H3,(H,29,36)(H,31,37). The van der Waals surface area contributed by atoms with E-state index >= 15 is 4.39 Å². The molecule has 2 saturated heterocycles. The lowest BCUT2D eigenvalue weighted by atomic mass is 9.94. The molecule has 1 aromatic heterocycles. The predicted octanol–water partition coefficient (Wildman–Crippen LogP) is 0.658. The third-order valence-electron chi connectivity index (χ3n) is 6.96. The number of hydrogen-bond acceptors (Lipinski definition) is 9. The van der Waals surface area contributed by atoms with Crippen molar-refractivity contribution in [2.45, 2.75) is 44.6 Å². The van der Waals surface area contributed by atoms with Gasteiger partial charge >= 0.3 is 0 Å². The number of nitroso groups, excluding NO2 is 1. The van der Waals surface area contributed by atoms with Crippen LogP contribution in [0.1, 0.15) is 26.2 Å². The molecule has 1 aromatic rings. The summed E-state index contributed by atoms with van der Waals surface area (Å²) in [5.74, 6) is -2.35. The lowest BCUT2D eigenvalue weighted by Crippen LogP contribution is -2.62. The molecule has 0 radical (unpaired) electrons. The van der Waals surface area contributed by atoms with E-state index in [4.69, 9.17) is 5.73 Å². The molecule has 12 nitrogen and oxygen atoms in total. The maximum Gasteiger partial charge on any atom is 0.232 e. The molecule has 2 amide bonds. The van der Waals surface area contributed by atoms with Crippen LogP contribution in [-0.2, 0) is 9.59 Å². The highest BCUT2D eigenvalue weighted by Crippen LogP contribution is 2.33. The van der Waals surface area contributed by atoms with Gasteiger partial charge in [-0.05, 0) is 46.8 Å². The second kappa shape index (κ2) is 13.7. The molecule has 2 fully saturated rings. The first-order valence-electron chi connectivity index (χ1n) is 13.0. The van der Waals surface area contributed by atoms with Crippen LogP contribution in [0.4, 0.5) is 20.2 Å². The number of carbonyl (C=O) groups excluding carboxylic acids is 2. The molecule has 0 bridgehead atoms. The first-order chi connectivity index (χ1) is 18.1. The van der Waals surface area contributed by atoms with E-state index in [0.717, 1.165) is 24.2 Å². The number of amides is 2. The van der Waals surface area contributed by atoms with Crippen LogP contribution in [0, 0.1) is 22.6 Å². The average Bonchev–Trinajstić information content (AvgIpc) is 2.87. The molecule has 0 spiro atoms. The molecule has 38 heavy (non-hydrogen) atoms. The third kappa shape index (κ3) is 7.54. The highest BCUT2D eigenvalue weighted by molar-refractivity contribution is 5.96. The number of piperidine rings is 1. The zero-order valence-corrected chi connectivity index (χ0v) is 22.2. The summed E-state index contributed by atoms with van der Waals surface area (Å²) < 4.78 is 28.8. The molecule has 4 atom stereocenters.